The van der Waals surface area contributed by atoms with Gasteiger partial charge in [-0.2, -0.15) is 65.5 Å². The first-order valence-electron chi connectivity index (χ1n) is 5.32. The van der Waals surface area contributed by atoms with Gasteiger partial charge in [-0.3, -0.25) is 4.55 Å². The first kappa shape index (κ1) is 28.2. The van der Waals surface area contributed by atoms with E-state index in [1.165, 1.54) is 0 Å². The average Bonchev–Trinajstić information content (AvgIpc) is 2.34. The fourth-order valence-electron chi connectivity index (χ4n) is 1.22. The summed E-state index contributed by atoms with van der Waals surface area (Å²) >= 11 is 0. The molecule has 26 heavy (non-hydrogen) atoms. The van der Waals surface area contributed by atoms with Crippen LogP contribution in [0.4, 0.5) is 57.1 Å². The van der Waals surface area contributed by atoms with Crippen molar-refractivity contribution >= 4 is 39.7 Å². The minimum atomic E-state index is -8.12. The van der Waals surface area contributed by atoms with Gasteiger partial charge in [0.1, 0.15) is 0 Å². The molecule has 0 rings (SSSR count). The maximum absolute atomic E-state index is 13.2. The van der Waals surface area contributed by atoms with Gasteiger partial charge in [0.25, 0.3) is 10.1 Å². The second-order valence-corrected chi connectivity index (χ2v) is 6.31. The Kier molecular flexibility index (Phi) is 7.72. The van der Waals surface area contributed by atoms with Crippen LogP contribution in [-0.4, -0.2) is 83.6 Å². The van der Waals surface area contributed by atoms with Crippen LogP contribution in [0.1, 0.15) is 6.92 Å². The molecule has 1 N–H and O–H groups in total. The molecule has 1 unspecified atom stereocenters. The van der Waals surface area contributed by atoms with Gasteiger partial charge >= 0.3 is 65.3 Å². The van der Waals surface area contributed by atoms with Gasteiger partial charge in [0.2, 0.25) is 0 Å². The molecule has 0 bridgehead atoms. The number of halogens is 13. The quantitative estimate of drug-likeness (QED) is 0.382. The second-order valence-electron chi connectivity index (χ2n) is 4.58. The molecule has 0 radical (unpaired) electrons. The third kappa shape index (κ3) is 3.91. The summed E-state index contributed by atoms with van der Waals surface area (Å²) in [4.78, 5) is 0. The molecule has 0 heterocycles. The molecule has 1 atom stereocenters. The molecule has 0 saturated heterocycles. The van der Waals surface area contributed by atoms with Crippen molar-refractivity contribution in [2.24, 2.45) is 0 Å². The van der Waals surface area contributed by atoms with E-state index in [9.17, 15) is 65.5 Å². The minimum absolute atomic E-state index is 0. The van der Waals surface area contributed by atoms with Gasteiger partial charge in [0.05, 0.1) is 0 Å². The monoisotopic (exact) mass is 452 g/mol. The van der Waals surface area contributed by atoms with E-state index in [0.29, 0.717) is 0 Å². The van der Waals surface area contributed by atoms with Crippen LogP contribution >= 0.6 is 0 Å². The molecular formula is C8H6F13NaO3S. The molecule has 0 aliphatic carbocycles. The Bertz CT molecular complexity index is 611. The van der Waals surface area contributed by atoms with Gasteiger partial charge in [-0.15, -0.1) is 0 Å². The predicted molar refractivity (Wildman–Crippen MR) is 58.9 cm³/mol. The SMILES string of the molecule is CC(C(F)(F)C(F)(F)C(F)(F)C(F)(F)C(F)(F)C(F)(F)F)S(=O)(=O)O.[NaH]. The van der Waals surface area contributed by atoms with Crippen molar-refractivity contribution in [1.29, 1.82) is 0 Å². The van der Waals surface area contributed by atoms with E-state index in [4.69, 9.17) is 4.55 Å². The van der Waals surface area contributed by atoms with Crippen molar-refractivity contribution < 1.29 is 70.0 Å². The molecule has 0 aliphatic rings. The van der Waals surface area contributed by atoms with Crippen LogP contribution in [0.2, 0.25) is 0 Å². The van der Waals surface area contributed by atoms with Gasteiger partial charge in [0, 0.05) is 0 Å². The molecule has 0 aromatic heterocycles. The Hall–Kier alpha value is -0.000000000000000444. The Morgan fingerprint density at radius 2 is 0.923 bits per heavy atom. The summed E-state index contributed by atoms with van der Waals surface area (Å²) < 4.78 is 193. The van der Waals surface area contributed by atoms with E-state index in [-0.39, 0.29) is 29.6 Å². The summed E-state index contributed by atoms with van der Waals surface area (Å²) in [6, 6.07) is 0. The summed E-state index contributed by atoms with van der Waals surface area (Å²) in [5, 5.41) is -4.27. The normalized spacial score (nSPS) is 16.9. The van der Waals surface area contributed by atoms with Crippen molar-refractivity contribution in [2.45, 2.75) is 48.0 Å². The van der Waals surface area contributed by atoms with Gasteiger partial charge in [-0.1, -0.05) is 0 Å². The third-order valence-electron chi connectivity index (χ3n) is 2.92. The molecule has 154 valence electrons. The Morgan fingerprint density at radius 1 is 0.654 bits per heavy atom. The maximum atomic E-state index is 13.2. The zero-order chi connectivity index (χ0) is 21.1. The Labute approximate surface area is 157 Å². The fourth-order valence-corrected chi connectivity index (χ4v) is 1.75. The molecule has 0 aromatic carbocycles. The van der Waals surface area contributed by atoms with Crippen LogP contribution < -0.4 is 0 Å². The first-order chi connectivity index (χ1) is 10.4. The summed E-state index contributed by atoms with van der Waals surface area (Å²) in [6.07, 6.45) is -7.56. The Balaban J connectivity index is 0. The second kappa shape index (κ2) is 7.11. The average molecular weight is 452 g/mol. The van der Waals surface area contributed by atoms with E-state index < -0.39 is 58.1 Å². The summed E-state index contributed by atoms with van der Waals surface area (Å²) in [6.45, 7) is -0.598. The summed E-state index contributed by atoms with van der Waals surface area (Å²) in [5.41, 5.74) is 0. The molecule has 0 aromatic rings. The fraction of sp³-hybridized carbons (Fsp3) is 1.00. The molecule has 0 aliphatic heterocycles. The van der Waals surface area contributed by atoms with Crippen LogP contribution in [-0.2, 0) is 10.1 Å². The molecule has 18 heteroatoms. The molecule has 3 nitrogen and oxygen atoms in total. The van der Waals surface area contributed by atoms with E-state index in [1.54, 1.807) is 0 Å². The molecule has 0 saturated carbocycles. The Morgan fingerprint density at radius 3 is 1.15 bits per heavy atom. The number of hydrogen-bond donors (Lipinski definition) is 1. The number of hydrogen-bond acceptors (Lipinski definition) is 2. The van der Waals surface area contributed by atoms with Crippen molar-refractivity contribution in [1.82, 2.24) is 0 Å². The molecule has 0 amide bonds. The van der Waals surface area contributed by atoms with E-state index in [1.807, 2.05) is 0 Å². The van der Waals surface area contributed by atoms with Crippen molar-refractivity contribution in [3.05, 3.63) is 0 Å². The summed E-state index contributed by atoms with van der Waals surface area (Å²) in [5.74, 6) is -38.8. The van der Waals surface area contributed by atoms with Gasteiger partial charge in [0.15, 0.2) is 5.25 Å². The van der Waals surface area contributed by atoms with Gasteiger partial charge in [-0.25, -0.2) is 0 Å². The zero-order valence-corrected chi connectivity index (χ0v) is 12.0. The van der Waals surface area contributed by atoms with Crippen LogP contribution in [0.15, 0.2) is 0 Å². The standard InChI is InChI=1S/C8H5F13O3S.Na.H/c1-2(25(22,23)24)3(9,10)4(11,12)5(13,14)6(15,16)7(17,18)8(19,20)21;;/h2H,1H3,(H,22,23,24);;. The van der Waals surface area contributed by atoms with Gasteiger partial charge in [-0.05, 0) is 6.92 Å². The van der Waals surface area contributed by atoms with E-state index in [0.717, 1.165) is 0 Å². The van der Waals surface area contributed by atoms with Gasteiger partial charge < -0.3 is 0 Å². The van der Waals surface area contributed by atoms with Crippen LogP contribution in [0, 0.1) is 0 Å². The van der Waals surface area contributed by atoms with Crippen molar-refractivity contribution in [3.8, 4) is 0 Å². The third-order valence-corrected chi connectivity index (χ3v) is 4.10. The molecule has 0 fully saturated rings. The first-order valence-corrected chi connectivity index (χ1v) is 6.83. The number of rotatable bonds is 6. The number of alkyl halides is 13. The van der Waals surface area contributed by atoms with Crippen LogP contribution in [0.5, 0.6) is 0 Å². The van der Waals surface area contributed by atoms with Crippen molar-refractivity contribution in [3.63, 3.8) is 0 Å². The topological polar surface area (TPSA) is 54.4 Å². The van der Waals surface area contributed by atoms with E-state index in [2.05, 4.69) is 0 Å². The van der Waals surface area contributed by atoms with Crippen LogP contribution in [0.25, 0.3) is 0 Å². The van der Waals surface area contributed by atoms with Crippen molar-refractivity contribution in [2.75, 3.05) is 0 Å². The molecule has 0 spiro atoms. The van der Waals surface area contributed by atoms with Crippen LogP contribution in [0.3, 0.4) is 0 Å². The zero-order valence-electron chi connectivity index (χ0n) is 11.2. The molecular weight excluding hydrogens is 446 g/mol. The predicted octanol–water partition coefficient (Wildman–Crippen LogP) is 3.35. The summed E-state index contributed by atoms with van der Waals surface area (Å²) in [7, 11) is -6.33. The van der Waals surface area contributed by atoms with E-state index >= 15 is 0 Å².